The Bertz CT molecular complexity index is 645. The van der Waals surface area contributed by atoms with Crippen molar-refractivity contribution < 1.29 is 32.5 Å². The zero-order chi connectivity index (χ0) is 32.6. The molecule has 0 aromatic heterocycles. The van der Waals surface area contributed by atoms with Crippen molar-refractivity contribution in [2.24, 2.45) is 0 Å². The van der Waals surface area contributed by atoms with Gasteiger partial charge in [-0.05, 0) is 19.3 Å². The first-order chi connectivity index (χ1) is 21.4. The molecule has 0 N–H and O–H groups in total. The molecular formula is C36H69O7P. The third-order valence-corrected chi connectivity index (χ3v) is 9.38. The van der Waals surface area contributed by atoms with E-state index in [0.717, 1.165) is 57.8 Å². The Balaban J connectivity index is 4.57. The Labute approximate surface area is 271 Å². The van der Waals surface area contributed by atoms with Gasteiger partial charge in [0.1, 0.15) is 0 Å². The second-order valence-corrected chi connectivity index (χ2v) is 14.0. The first-order valence-corrected chi connectivity index (χ1v) is 20.1. The molecule has 0 radical (unpaired) electrons. The maximum Gasteiger partial charge on any atom is 0.653 e. The minimum Gasteiger partial charge on any atom is -0.352 e. The van der Waals surface area contributed by atoms with E-state index in [4.69, 9.17) is 13.6 Å². The van der Waals surface area contributed by atoms with Crippen LogP contribution in [-0.2, 0) is 32.5 Å². The van der Waals surface area contributed by atoms with Crippen molar-refractivity contribution in [1.29, 1.82) is 0 Å². The van der Waals surface area contributed by atoms with Crippen LogP contribution in [0.2, 0.25) is 0 Å². The lowest BCUT2D eigenvalue weighted by Crippen LogP contribution is -2.14. The largest absolute Gasteiger partial charge is 0.653 e. The van der Waals surface area contributed by atoms with Crippen LogP contribution < -0.4 is 0 Å². The van der Waals surface area contributed by atoms with Gasteiger partial charge in [0.15, 0.2) is 0 Å². The second kappa shape index (κ2) is 31.6. The van der Waals surface area contributed by atoms with Crippen molar-refractivity contribution in [1.82, 2.24) is 0 Å². The molecule has 0 saturated carbocycles. The topological polar surface area (TPSA) is 96.0 Å². The fourth-order valence-corrected chi connectivity index (χ4v) is 6.44. The maximum atomic E-state index is 13.3. The third kappa shape index (κ3) is 29.4. The number of phosphoric acid groups is 1. The highest BCUT2D eigenvalue weighted by Gasteiger charge is 2.38. The van der Waals surface area contributed by atoms with E-state index in [1.807, 2.05) is 0 Å². The van der Waals surface area contributed by atoms with E-state index < -0.39 is 25.7 Å². The zero-order valence-electron chi connectivity index (χ0n) is 29.0. The van der Waals surface area contributed by atoms with E-state index in [9.17, 15) is 18.9 Å². The number of carbonyl (C=O) groups is 3. The Morgan fingerprint density at radius 1 is 0.341 bits per heavy atom. The third-order valence-electron chi connectivity index (χ3n) is 8.09. The molecule has 0 aliphatic rings. The van der Waals surface area contributed by atoms with Gasteiger partial charge in [-0.15, -0.1) is 0 Å². The minimum absolute atomic E-state index is 0.0471. The quantitative estimate of drug-likeness (QED) is 0.0518. The standard InChI is InChI=1S/C36H69O7P/c1-4-7-10-13-16-19-22-25-28-31-34(37)41-44(40,42-35(38)32-29-26-23-20-17-14-11-8-5-2)43-36(39)33-30-27-24-21-18-15-12-9-6-3/h4-33H2,1-3H3. The summed E-state index contributed by atoms with van der Waals surface area (Å²) in [6.07, 6.45) is 29.6. The van der Waals surface area contributed by atoms with Crippen molar-refractivity contribution in [3.05, 3.63) is 0 Å². The van der Waals surface area contributed by atoms with Gasteiger partial charge in [-0.25, -0.2) is 0 Å². The van der Waals surface area contributed by atoms with Crippen LogP contribution in [0.3, 0.4) is 0 Å². The summed E-state index contributed by atoms with van der Waals surface area (Å²) in [5.74, 6) is -2.28. The predicted octanol–water partition coefficient (Wildman–Crippen LogP) is 12.5. The van der Waals surface area contributed by atoms with Gasteiger partial charge < -0.3 is 13.6 Å². The molecule has 0 aromatic carbocycles. The van der Waals surface area contributed by atoms with Crippen LogP contribution in [0.25, 0.3) is 0 Å². The second-order valence-electron chi connectivity index (χ2n) is 12.6. The van der Waals surface area contributed by atoms with Crippen molar-refractivity contribution in [3.8, 4) is 0 Å². The highest BCUT2D eigenvalue weighted by Crippen LogP contribution is 2.51. The van der Waals surface area contributed by atoms with Gasteiger partial charge in [0.05, 0.1) is 0 Å². The molecule has 0 fully saturated rings. The highest BCUT2D eigenvalue weighted by atomic mass is 31.2. The van der Waals surface area contributed by atoms with E-state index in [2.05, 4.69) is 20.8 Å². The number of hydrogen-bond donors (Lipinski definition) is 0. The zero-order valence-corrected chi connectivity index (χ0v) is 29.9. The van der Waals surface area contributed by atoms with Gasteiger partial charge >= 0.3 is 25.7 Å². The molecule has 0 unspecified atom stereocenters. The summed E-state index contributed by atoms with van der Waals surface area (Å²) in [4.78, 5) is 37.5. The molecule has 7 nitrogen and oxygen atoms in total. The smallest absolute Gasteiger partial charge is 0.352 e. The van der Waals surface area contributed by atoms with Crippen LogP contribution in [0, 0.1) is 0 Å². The fraction of sp³-hybridized carbons (Fsp3) is 0.917. The average molecular weight is 645 g/mol. The van der Waals surface area contributed by atoms with Gasteiger partial charge in [-0.3, -0.25) is 14.4 Å². The summed E-state index contributed by atoms with van der Waals surface area (Å²) in [5.41, 5.74) is 0. The van der Waals surface area contributed by atoms with E-state index in [1.54, 1.807) is 0 Å². The molecule has 0 bridgehead atoms. The molecule has 260 valence electrons. The molecule has 0 aliphatic heterocycles. The lowest BCUT2D eigenvalue weighted by molar-refractivity contribution is -0.144. The van der Waals surface area contributed by atoms with Crippen LogP contribution >= 0.6 is 7.82 Å². The van der Waals surface area contributed by atoms with Crippen LogP contribution in [0.1, 0.15) is 213 Å². The normalized spacial score (nSPS) is 11.4. The van der Waals surface area contributed by atoms with Gasteiger partial charge in [0.2, 0.25) is 0 Å². The fourth-order valence-electron chi connectivity index (χ4n) is 5.31. The van der Waals surface area contributed by atoms with Gasteiger partial charge in [-0.2, -0.15) is 4.57 Å². The van der Waals surface area contributed by atoms with Gasteiger partial charge in [0.25, 0.3) is 0 Å². The molecule has 0 atom stereocenters. The molecule has 0 amide bonds. The summed E-state index contributed by atoms with van der Waals surface area (Å²) in [5, 5.41) is 0. The molecular weight excluding hydrogens is 575 g/mol. The van der Waals surface area contributed by atoms with Crippen molar-refractivity contribution in [3.63, 3.8) is 0 Å². The minimum atomic E-state index is -4.67. The van der Waals surface area contributed by atoms with Crippen molar-refractivity contribution >= 4 is 25.7 Å². The summed E-state index contributed by atoms with van der Waals surface area (Å²) < 4.78 is 28.5. The molecule has 44 heavy (non-hydrogen) atoms. The Morgan fingerprint density at radius 2 is 0.523 bits per heavy atom. The van der Waals surface area contributed by atoms with Crippen LogP contribution in [0.4, 0.5) is 0 Å². The SMILES string of the molecule is CCCCCCCCCCCC(=O)OP(=O)(OC(=O)CCCCCCCCCCC)OC(=O)CCCCCCCCCCC. The number of hydrogen-bond acceptors (Lipinski definition) is 7. The van der Waals surface area contributed by atoms with Crippen molar-refractivity contribution in [2.45, 2.75) is 213 Å². The molecule has 8 heteroatoms. The van der Waals surface area contributed by atoms with E-state index in [0.29, 0.717) is 19.3 Å². The number of carbonyl (C=O) groups excluding carboxylic acids is 3. The highest BCUT2D eigenvalue weighted by molar-refractivity contribution is 7.50. The predicted molar refractivity (Wildman–Crippen MR) is 181 cm³/mol. The molecule has 0 rings (SSSR count). The van der Waals surface area contributed by atoms with Crippen LogP contribution in [-0.4, -0.2) is 17.9 Å². The summed E-state index contributed by atoms with van der Waals surface area (Å²) in [6, 6.07) is 0. The number of rotatable bonds is 33. The number of phosphoric ester groups is 1. The number of unbranched alkanes of at least 4 members (excludes halogenated alkanes) is 24. The first kappa shape index (κ1) is 42.6. The van der Waals surface area contributed by atoms with Gasteiger partial charge in [-0.1, -0.05) is 175 Å². The Morgan fingerprint density at radius 3 is 0.727 bits per heavy atom. The molecule has 0 aromatic rings. The van der Waals surface area contributed by atoms with Crippen LogP contribution in [0.15, 0.2) is 0 Å². The van der Waals surface area contributed by atoms with E-state index in [-0.39, 0.29) is 19.3 Å². The summed E-state index contributed by atoms with van der Waals surface area (Å²) in [7, 11) is -4.67. The van der Waals surface area contributed by atoms with E-state index >= 15 is 0 Å². The average Bonchev–Trinajstić information content (AvgIpc) is 2.98. The van der Waals surface area contributed by atoms with E-state index in [1.165, 1.54) is 96.3 Å². The first-order valence-electron chi connectivity index (χ1n) is 18.6. The molecule has 0 spiro atoms. The molecule has 0 heterocycles. The van der Waals surface area contributed by atoms with Gasteiger partial charge in [0, 0.05) is 19.3 Å². The Kier molecular flexibility index (Phi) is 30.6. The molecule has 0 saturated heterocycles. The summed E-state index contributed by atoms with van der Waals surface area (Å²) in [6.45, 7) is 6.61. The summed E-state index contributed by atoms with van der Waals surface area (Å²) >= 11 is 0. The molecule has 0 aliphatic carbocycles. The van der Waals surface area contributed by atoms with Crippen molar-refractivity contribution in [2.75, 3.05) is 0 Å². The lowest BCUT2D eigenvalue weighted by atomic mass is 10.1. The monoisotopic (exact) mass is 644 g/mol. The maximum absolute atomic E-state index is 13.3. The Hall–Kier alpha value is -1.36. The lowest BCUT2D eigenvalue weighted by Gasteiger charge is -2.16. The van der Waals surface area contributed by atoms with Crippen LogP contribution in [0.5, 0.6) is 0 Å².